The Kier molecular flexibility index (Phi) is 30.3. The Bertz CT molecular complexity index is 651. The van der Waals surface area contributed by atoms with E-state index in [1.165, 1.54) is 19.3 Å². The molecular weight excluding hydrogens is 590 g/mol. The highest BCUT2D eigenvalue weighted by Crippen LogP contribution is 2.15. The topological polar surface area (TPSA) is 106 Å². The molecule has 266 valence electrons. The first-order valence-electron chi connectivity index (χ1n) is 18.0. The van der Waals surface area contributed by atoms with Gasteiger partial charge >= 0.3 is 17.9 Å². The van der Waals surface area contributed by atoms with Crippen molar-refractivity contribution in [2.75, 3.05) is 59.3 Å². The lowest BCUT2D eigenvalue weighted by Gasteiger charge is -2.33. The van der Waals surface area contributed by atoms with Gasteiger partial charge in [0.15, 0.2) is 0 Å². The van der Waals surface area contributed by atoms with E-state index in [9.17, 15) is 14.4 Å². The molecule has 0 saturated heterocycles. The van der Waals surface area contributed by atoms with E-state index in [1.807, 2.05) is 0 Å². The Balaban J connectivity index is 5.32. The lowest BCUT2D eigenvalue weighted by Crippen LogP contribution is -2.58. The minimum absolute atomic E-state index is 0.0325. The quantitative estimate of drug-likeness (QED) is 0.0325. The van der Waals surface area contributed by atoms with Crippen molar-refractivity contribution in [2.24, 2.45) is 0 Å². The molecule has 0 aromatic rings. The summed E-state index contributed by atoms with van der Waals surface area (Å²) in [6, 6.07) is 0. The zero-order valence-electron chi connectivity index (χ0n) is 29.7. The van der Waals surface area contributed by atoms with Gasteiger partial charge in [0.05, 0.1) is 0 Å². The number of nitrogens with zero attached hydrogens (tertiary/aromatic N) is 1. The van der Waals surface area contributed by atoms with Gasteiger partial charge in [0.1, 0.15) is 25.4 Å². The number of nitrogens with one attached hydrogen (secondary N) is 2. The van der Waals surface area contributed by atoms with E-state index in [1.54, 1.807) is 11.9 Å². The van der Waals surface area contributed by atoms with Crippen molar-refractivity contribution >= 4 is 29.9 Å². The van der Waals surface area contributed by atoms with E-state index >= 15 is 0 Å². The van der Waals surface area contributed by atoms with Gasteiger partial charge in [0, 0.05) is 38.1 Å². The molecule has 9 nitrogen and oxygen atoms in total. The zero-order valence-corrected chi connectivity index (χ0v) is 30.5. The molecule has 0 amide bonds. The zero-order chi connectivity index (χ0) is 33.4. The molecule has 2 N–H and O–H groups in total. The van der Waals surface area contributed by atoms with Crippen LogP contribution >= 0.6 is 11.9 Å². The van der Waals surface area contributed by atoms with Gasteiger partial charge in [-0.25, -0.2) is 0 Å². The van der Waals surface area contributed by atoms with E-state index in [0.717, 1.165) is 102 Å². The first-order chi connectivity index (χ1) is 21.8. The summed E-state index contributed by atoms with van der Waals surface area (Å²) in [4.78, 5) is 40.2. The lowest BCUT2D eigenvalue weighted by molar-refractivity contribution is -0.157. The minimum atomic E-state index is -1.01. The molecule has 0 fully saturated rings. The maximum Gasteiger partial charge on any atom is 0.305 e. The standard InChI is InChI=1S/C35H69N3O6S/c1-6-9-12-15-18-22-32(39)42-29-35(30-43-33(40)23-19-16-13-10-7-2,31-44-34(41)24-20-17-14-11-8-3)36-26-28-45-37-25-21-27-38(4)5/h36-37H,6-31H2,1-5H3. The molecule has 45 heavy (non-hydrogen) atoms. The van der Waals surface area contributed by atoms with Crippen molar-refractivity contribution in [3.8, 4) is 0 Å². The van der Waals surface area contributed by atoms with Crippen molar-refractivity contribution in [1.29, 1.82) is 0 Å². The molecule has 0 aromatic carbocycles. The molecule has 0 aromatic heterocycles. The fourth-order valence-electron chi connectivity index (χ4n) is 4.75. The fourth-order valence-corrected chi connectivity index (χ4v) is 5.39. The van der Waals surface area contributed by atoms with E-state index in [0.29, 0.717) is 25.8 Å². The van der Waals surface area contributed by atoms with Crippen molar-refractivity contribution in [3.63, 3.8) is 0 Å². The lowest BCUT2D eigenvalue weighted by atomic mass is 10.0. The van der Waals surface area contributed by atoms with E-state index < -0.39 is 5.54 Å². The molecule has 0 aliphatic heterocycles. The van der Waals surface area contributed by atoms with Gasteiger partial charge in [-0.1, -0.05) is 110 Å². The van der Waals surface area contributed by atoms with Crippen molar-refractivity contribution in [1.82, 2.24) is 14.9 Å². The number of carbonyl (C=O) groups excluding carboxylic acids is 3. The van der Waals surface area contributed by atoms with Crippen molar-refractivity contribution in [3.05, 3.63) is 0 Å². The molecule has 10 heteroatoms. The molecule has 0 rings (SSSR count). The number of ether oxygens (including phenoxy) is 3. The highest BCUT2D eigenvalue weighted by Gasteiger charge is 2.35. The van der Waals surface area contributed by atoms with E-state index in [4.69, 9.17) is 14.2 Å². The largest absolute Gasteiger partial charge is 0.463 e. The van der Waals surface area contributed by atoms with Crippen LogP contribution in [0.15, 0.2) is 0 Å². The van der Waals surface area contributed by atoms with Crippen molar-refractivity contribution < 1.29 is 28.6 Å². The predicted octanol–water partition coefficient (Wildman–Crippen LogP) is 7.22. The highest BCUT2D eigenvalue weighted by molar-refractivity contribution is 7.97. The third-order valence-electron chi connectivity index (χ3n) is 7.67. The van der Waals surface area contributed by atoms with Crippen LogP contribution < -0.4 is 10.0 Å². The second-order valence-corrected chi connectivity index (χ2v) is 13.6. The molecular formula is C35H69N3O6S. The highest BCUT2D eigenvalue weighted by atomic mass is 32.2. The van der Waals surface area contributed by atoms with Gasteiger partial charge < -0.3 is 24.4 Å². The summed E-state index contributed by atoms with van der Waals surface area (Å²) in [5, 5.41) is 3.46. The van der Waals surface area contributed by atoms with Crippen LogP contribution in [0.2, 0.25) is 0 Å². The molecule has 0 aliphatic carbocycles. The Morgan fingerprint density at radius 3 is 1.36 bits per heavy atom. The van der Waals surface area contributed by atoms with Crippen LogP contribution in [0, 0.1) is 0 Å². The molecule has 0 heterocycles. The summed E-state index contributed by atoms with van der Waals surface area (Å²) in [5.74, 6) is -0.0939. The summed E-state index contributed by atoms with van der Waals surface area (Å²) in [6.45, 7) is 8.88. The molecule has 0 atom stereocenters. The maximum absolute atomic E-state index is 12.7. The summed E-state index contributed by atoms with van der Waals surface area (Å²) in [7, 11) is 4.13. The normalized spacial score (nSPS) is 11.6. The number of carbonyl (C=O) groups is 3. The molecule has 0 radical (unpaired) electrons. The number of unbranched alkanes of at least 4 members (excludes halogenated alkanes) is 12. The second kappa shape index (κ2) is 31.3. The number of esters is 3. The van der Waals surface area contributed by atoms with Gasteiger partial charge in [0.25, 0.3) is 0 Å². The Morgan fingerprint density at radius 1 is 0.578 bits per heavy atom. The minimum Gasteiger partial charge on any atom is -0.463 e. The maximum atomic E-state index is 12.7. The number of hydrogen-bond acceptors (Lipinski definition) is 10. The van der Waals surface area contributed by atoms with Crippen LogP contribution in [0.3, 0.4) is 0 Å². The summed E-state index contributed by atoms with van der Waals surface area (Å²) in [6.07, 6.45) is 17.7. The SMILES string of the molecule is CCCCCCCC(=O)OCC(COC(=O)CCCCCCC)(COC(=O)CCCCCCC)NCCSNCCCN(C)C. The van der Waals surface area contributed by atoms with Gasteiger partial charge in [-0.05, 0) is 46.3 Å². The molecule has 0 unspecified atom stereocenters. The Hall–Kier alpha value is -1.36. The van der Waals surface area contributed by atoms with Crippen molar-refractivity contribution in [2.45, 2.75) is 148 Å². The van der Waals surface area contributed by atoms with E-state index in [2.05, 4.69) is 49.8 Å². The fraction of sp³-hybridized carbons (Fsp3) is 0.914. The van der Waals surface area contributed by atoms with Crippen LogP contribution in [-0.4, -0.2) is 87.6 Å². The molecule has 0 saturated carbocycles. The van der Waals surface area contributed by atoms with Crippen LogP contribution in [-0.2, 0) is 28.6 Å². The van der Waals surface area contributed by atoms with Gasteiger partial charge in [0.2, 0.25) is 0 Å². The molecule has 0 bridgehead atoms. The van der Waals surface area contributed by atoms with Gasteiger partial charge in [-0.15, -0.1) is 0 Å². The van der Waals surface area contributed by atoms with Crippen LogP contribution in [0.4, 0.5) is 0 Å². The first kappa shape index (κ1) is 43.6. The van der Waals surface area contributed by atoms with E-state index in [-0.39, 0.29) is 37.7 Å². The summed E-state index contributed by atoms with van der Waals surface area (Å²) in [5.41, 5.74) is -1.01. The summed E-state index contributed by atoms with van der Waals surface area (Å²) >= 11 is 1.62. The first-order valence-corrected chi connectivity index (χ1v) is 19.0. The average molecular weight is 660 g/mol. The average Bonchev–Trinajstić information content (AvgIpc) is 3.02. The Morgan fingerprint density at radius 2 is 0.978 bits per heavy atom. The van der Waals surface area contributed by atoms with Crippen LogP contribution in [0.1, 0.15) is 143 Å². The monoisotopic (exact) mass is 659 g/mol. The number of hydrogen-bond donors (Lipinski definition) is 2. The van der Waals surface area contributed by atoms with Crippen LogP contribution in [0.5, 0.6) is 0 Å². The predicted molar refractivity (Wildman–Crippen MR) is 187 cm³/mol. The summed E-state index contributed by atoms with van der Waals surface area (Å²) < 4.78 is 20.6. The smallest absolute Gasteiger partial charge is 0.305 e. The second-order valence-electron chi connectivity index (χ2n) is 12.6. The third-order valence-corrected chi connectivity index (χ3v) is 8.49. The van der Waals surface area contributed by atoms with Gasteiger partial charge in [-0.3, -0.25) is 19.1 Å². The van der Waals surface area contributed by atoms with Crippen LogP contribution in [0.25, 0.3) is 0 Å². The molecule has 0 aliphatic rings. The Labute approximate surface area is 280 Å². The van der Waals surface area contributed by atoms with Gasteiger partial charge in [-0.2, -0.15) is 0 Å². The number of rotatable bonds is 33. The molecule has 0 spiro atoms. The third kappa shape index (κ3) is 28.6.